The molecule has 10 heteroatoms. The first-order chi connectivity index (χ1) is 15.5. The lowest BCUT2D eigenvalue weighted by molar-refractivity contribution is 0.0581. The molecule has 1 saturated heterocycles. The van der Waals surface area contributed by atoms with Gasteiger partial charge in [-0.25, -0.2) is 4.98 Å². The maximum atomic E-state index is 13.2. The van der Waals surface area contributed by atoms with Gasteiger partial charge in [0.2, 0.25) is 0 Å². The van der Waals surface area contributed by atoms with Gasteiger partial charge in [0, 0.05) is 37.7 Å². The lowest BCUT2D eigenvalue weighted by Gasteiger charge is -2.25. The molecule has 0 bridgehead atoms. The van der Waals surface area contributed by atoms with Gasteiger partial charge >= 0.3 is 0 Å². The van der Waals surface area contributed by atoms with Crippen LogP contribution < -0.4 is 21.5 Å². The number of aromatic nitrogens is 4. The van der Waals surface area contributed by atoms with E-state index in [0.29, 0.717) is 34.8 Å². The Morgan fingerprint density at radius 3 is 2.88 bits per heavy atom. The molecule has 3 aromatic rings. The predicted molar refractivity (Wildman–Crippen MR) is 126 cm³/mol. The van der Waals surface area contributed by atoms with Crippen molar-refractivity contribution in [1.29, 1.82) is 0 Å². The minimum absolute atomic E-state index is 0.0305. The highest BCUT2D eigenvalue weighted by molar-refractivity contribution is 6.30. The largest absolute Gasteiger partial charge is 0.382 e. The number of nitrogens with one attached hydrogen (secondary N) is 3. The van der Waals surface area contributed by atoms with Crippen LogP contribution >= 0.6 is 11.6 Å². The Kier molecular flexibility index (Phi) is 5.52. The zero-order valence-electron chi connectivity index (χ0n) is 17.9. The number of nitrogens with zero attached hydrogens (tertiary/aromatic N) is 4. The molecule has 32 heavy (non-hydrogen) atoms. The van der Waals surface area contributed by atoms with Crippen molar-refractivity contribution < 1.29 is 4.74 Å². The van der Waals surface area contributed by atoms with E-state index in [9.17, 15) is 4.79 Å². The van der Waals surface area contributed by atoms with Crippen LogP contribution in [0.1, 0.15) is 37.3 Å². The van der Waals surface area contributed by atoms with Gasteiger partial charge in [-0.1, -0.05) is 18.2 Å². The standard InChI is InChI=1S/C22H26ClN7O2/c1-13(26-15-5-6-15)17-10-25-30-20(24-2)9-19(28-21(17)30)27-18-8-14(23)11-29(22(18)31)16-4-3-7-32-12-16/h8-11,15-16,24,26H,1,3-7,12H2,2H3,(H,27,28). The van der Waals surface area contributed by atoms with Crippen molar-refractivity contribution in [2.24, 2.45) is 0 Å². The molecule has 1 saturated carbocycles. The Labute approximate surface area is 190 Å². The highest BCUT2D eigenvalue weighted by Gasteiger charge is 2.24. The first kappa shape index (κ1) is 20.8. The fourth-order valence-corrected chi connectivity index (χ4v) is 4.19. The zero-order chi connectivity index (χ0) is 22.2. The van der Waals surface area contributed by atoms with Crippen molar-refractivity contribution in [3.05, 3.63) is 52.0 Å². The summed E-state index contributed by atoms with van der Waals surface area (Å²) in [6.07, 6.45) is 7.51. The van der Waals surface area contributed by atoms with E-state index in [-0.39, 0.29) is 11.6 Å². The van der Waals surface area contributed by atoms with E-state index >= 15 is 0 Å². The van der Waals surface area contributed by atoms with E-state index in [1.54, 1.807) is 33.6 Å². The van der Waals surface area contributed by atoms with Crippen LogP contribution in [0.15, 0.2) is 35.9 Å². The van der Waals surface area contributed by atoms with Crippen LogP contribution in [-0.2, 0) is 4.74 Å². The highest BCUT2D eigenvalue weighted by atomic mass is 35.5. The van der Waals surface area contributed by atoms with Gasteiger partial charge in [0.1, 0.15) is 17.3 Å². The molecule has 9 nitrogen and oxygen atoms in total. The van der Waals surface area contributed by atoms with Gasteiger partial charge < -0.3 is 25.3 Å². The second-order valence-corrected chi connectivity index (χ2v) is 8.68. The Morgan fingerprint density at radius 1 is 1.31 bits per heavy atom. The molecule has 0 spiro atoms. The molecule has 3 aromatic heterocycles. The van der Waals surface area contributed by atoms with Crippen LogP contribution in [0.5, 0.6) is 0 Å². The minimum atomic E-state index is -0.161. The molecular weight excluding hydrogens is 430 g/mol. The highest BCUT2D eigenvalue weighted by Crippen LogP contribution is 2.27. The van der Waals surface area contributed by atoms with Gasteiger partial charge in [0.25, 0.3) is 5.56 Å². The van der Waals surface area contributed by atoms with Crippen LogP contribution in [0.4, 0.5) is 17.3 Å². The third-order valence-electron chi connectivity index (χ3n) is 5.81. The molecule has 2 fully saturated rings. The molecule has 5 rings (SSSR count). The van der Waals surface area contributed by atoms with E-state index in [0.717, 1.165) is 49.4 Å². The van der Waals surface area contributed by atoms with Crippen LogP contribution in [0, 0.1) is 0 Å². The number of hydrogen-bond donors (Lipinski definition) is 3. The number of halogens is 1. The molecule has 3 N–H and O–H groups in total. The van der Waals surface area contributed by atoms with Gasteiger partial charge in [-0.3, -0.25) is 4.79 Å². The summed E-state index contributed by atoms with van der Waals surface area (Å²) in [6.45, 7) is 5.39. The van der Waals surface area contributed by atoms with Crippen LogP contribution in [0.2, 0.25) is 5.02 Å². The molecule has 168 valence electrons. The zero-order valence-corrected chi connectivity index (χ0v) is 18.7. The SMILES string of the molecule is C=C(NC1CC1)c1cnn2c(NC)cc(Nc3cc(Cl)cn(C4CCCOC4)c3=O)nc12. The molecule has 1 aliphatic heterocycles. The molecular formula is C22H26ClN7O2. The maximum absolute atomic E-state index is 13.2. The van der Waals surface area contributed by atoms with E-state index in [2.05, 4.69) is 27.6 Å². The number of anilines is 3. The molecule has 1 aliphatic carbocycles. The summed E-state index contributed by atoms with van der Waals surface area (Å²) in [5.41, 5.74) is 2.45. The van der Waals surface area contributed by atoms with Gasteiger partial charge in [0.15, 0.2) is 5.65 Å². The Balaban J connectivity index is 1.51. The third kappa shape index (κ3) is 4.05. The summed E-state index contributed by atoms with van der Waals surface area (Å²) in [5, 5.41) is 14.6. The van der Waals surface area contributed by atoms with Gasteiger partial charge in [0.05, 0.1) is 29.4 Å². The summed E-state index contributed by atoms with van der Waals surface area (Å²) in [6, 6.07) is 3.86. The van der Waals surface area contributed by atoms with Crippen LogP contribution in [0.3, 0.4) is 0 Å². The monoisotopic (exact) mass is 455 g/mol. The third-order valence-corrected chi connectivity index (χ3v) is 6.02. The summed E-state index contributed by atoms with van der Waals surface area (Å²) >= 11 is 6.36. The summed E-state index contributed by atoms with van der Waals surface area (Å²) in [4.78, 5) is 17.9. The molecule has 1 unspecified atom stereocenters. The smallest absolute Gasteiger partial charge is 0.274 e. The topological polar surface area (TPSA) is 97.5 Å². The Hall–Kier alpha value is -3.04. The molecule has 0 aromatic carbocycles. The van der Waals surface area contributed by atoms with Crippen molar-refractivity contribution in [3.63, 3.8) is 0 Å². The van der Waals surface area contributed by atoms with E-state index in [1.165, 1.54) is 0 Å². The fraction of sp³-hybridized carbons (Fsp3) is 0.409. The number of ether oxygens (including phenoxy) is 1. The number of rotatable bonds is 7. The Morgan fingerprint density at radius 2 is 2.16 bits per heavy atom. The minimum Gasteiger partial charge on any atom is -0.382 e. The van der Waals surface area contributed by atoms with Gasteiger partial charge in [-0.15, -0.1) is 0 Å². The van der Waals surface area contributed by atoms with Crippen molar-refractivity contribution in [2.75, 3.05) is 30.9 Å². The number of fused-ring (bicyclic) bond motifs is 1. The molecule has 1 atom stereocenters. The van der Waals surface area contributed by atoms with Crippen molar-refractivity contribution >= 4 is 40.3 Å². The first-order valence-electron chi connectivity index (χ1n) is 10.8. The average molecular weight is 456 g/mol. The first-order valence-corrected chi connectivity index (χ1v) is 11.2. The van der Waals surface area contributed by atoms with E-state index in [4.69, 9.17) is 21.3 Å². The molecule has 4 heterocycles. The van der Waals surface area contributed by atoms with Gasteiger partial charge in [-0.2, -0.15) is 9.61 Å². The van der Waals surface area contributed by atoms with Crippen molar-refractivity contribution in [1.82, 2.24) is 24.5 Å². The fourth-order valence-electron chi connectivity index (χ4n) is 3.98. The lowest BCUT2D eigenvalue weighted by atomic mass is 10.1. The Bertz CT molecular complexity index is 1220. The maximum Gasteiger partial charge on any atom is 0.274 e. The summed E-state index contributed by atoms with van der Waals surface area (Å²) < 4.78 is 8.94. The van der Waals surface area contributed by atoms with Gasteiger partial charge in [-0.05, 0) is 31.7 Å². The molecule has 0 radical (unpaired) electrons. The second kappa shape index (κ2) is 8.48. The van der Waals surface area contributed by atoms with E-state index < -0.39 is 0 Å². The normalized spacial score (nSPS) is 18.5. The number of pyridine rings is 1. The van der Waals surface area contributed by atoms with E-state index in [1.807, 2.05) is 7.05 Å². The van der Waals surface area contributed by atoms with Crippen LogP contribution in [-0.4, -0.2) is 45.5 Å². The van der Waals surface area contributed by atoms with Crippen LogP contribution in [0.25, 0.3) is 11.3 Å². The lowest BCUT2D eigenvalue weighted by Crippen LogP contribution is -2.31. The van der Waals surface area contributed by atoms with Crippen molar-refractivity contribution in [2.45, 2.75) is 37.8 Å². The predicted octanol–water partition coefficient (Wildman–Crippen LogP) is 3.40. The molecule has 0 amide bonds. The van der Waals surface area contributed by atoms with Crippen molar-refractivity contribution in [3.8, 4) is 0 Å². The number of hydrogen-bond acceptors (Lipinski definition) is 7. The summed E-state index contributed by atoms with van der Waals surface area (Å²) in [5.74, 6) is 1.24. The molecule has 2 aliphatic rings. The average Bonchev–Trinajstić information content (AvgIpc) is 3.51. The quantitative estimate of drug-likeness (QED) is 0.502. The second-order valence-electron chi connectivity index (χ2n) is 8.25. The summed E-state index contributed by atoms with van der Waals surface area (Å²) in [7, 11) is 1.81.